The Morgan fingerprint density at radius 1 is 0.970 bits per heavy atom. The molecule has 0 radical (unpaired) electrons. The van der Waals surface area contributed by atoms with E-state index in [1.165, 1.54) is 14.0 Å². The van der Waals surface area contributed by atoms with Crippen LogP contribution in [0, 0.1) is 28.6 Å². The number of nitrogens with one attached hydrogen (secondary N) is 1. The van der Waals surface area contributed by atoms with Crippen LogP contribution in [0.4, 0.5) is 4.79 Å². The molecule has 11 atom stereocenters. The van der Waals surface area contributed by atoms with Gasteiger partial charge in [-0.3, -0.25) is 14.5 Å². The molecule has 2 aliphatic heterocycles. The first kappa shape index (κ1) is 49.2. The third kappa shape index (κ3) is 8.92. The number of rotatable bonds is 12. The lowest BCUT2D eigenvalue weighted by atomic mass is 9.44. The first-order valence-electron chi connectivity index (χ1n) is 22.9. The van der Waals surface area contributed by atoms with Gasteiger partial charge in [0, 0.05) is 44.9 Å². The number of hydrogen-bond donors (Lipinski definition) is 3. The van der Waals surface area contributed by atoms with Gasteiger partial charge in [-0.25, -0.2) is 14.4 Å². The van der Waals surface area contributed by atoms with E-state index in [2.05, 4.69) is 10.2 Å². The fraction of sp³-hybridized carbons (Fsp3) is 0.620. The fourth-order valence-corrected chi connectivity index (χ4v) is 11.4. The van der Waals surface area contributed by atoms with Crippen molar-refractivity contribution in [3.8, 4) is 0 Å². The number of carbonyl (C=O) groups excluding carboxylic acids is 5. The molecule has 2 aromatic rings. The molecule has 2 saturated heterocycles. The second-order valence-electron chi connectivity index (χ2n) is 20.1. The molecular formula is C50H66N2O14. The minimum atomic E-state index is -2.20. The topological polar surface area (TPSA) is 206 Å². The van der Waals surface area contributed by atoms with Crippen molar-refractivity contribution in [1.29, 1.82) is 0 Å². The summed E-state index contributed by atoms with van der Waals surface area (Å²) in [4.78, 5) is 73.9. The standard InChI is InChI=1S/C50H66N2O14/c1-29-35(63-44(57)39(54)38(31-16-12-10-13-17-31)51-45(58)66-46(3,4)5)27-49(59)42(64-43(56)32-18-14-11-15-19-32)40-48(8,36(60-9)26-33-28-62-50(33,40)65-30(2)53)41(55)34(37(29)47(49,6)7)20-21-52-22-24-61-25-23-52/h10-19,33-36,38-40,42,54,59H,20-28H2,1-9H3,(H,51,58)/t33-,34+,35-,36-,38-,39+,40-,42-,48+,49+,50-/m0/s1. The zero-order chi connectivity index (χ0) is 48.0. The van der Waals surface area contributed by atoms with Gasteiger partial charge < -0.3 is 48.7 Å². The van der Waals surface area contributed by atoms with Crippen molar-refractivity contribution in [2.75, 3.05) is 46.6 Å². The maximum absolute atomic E-state index is 16.2. The van der Waals surface area contributed by atoms with Crippen LogP contribution < -0.4 is 5.32 Å². The molecule has 7 rings (SSSR count). The van der Waals surface area contributed by atoms with E-state index in [-0.39, 0.29) is 30.8 Å². The number of benzene rings is 2. The number of esters is 3. The number of amides is 1. The molecule has 0 aromatic heterocycles. The van der Waals surface area contributed by atoms with E-state index in [1.54, 1.807) is 109 Å². The molecule has 0 unspecified atom stereocenters. The van der Waals surface area contributed by atoms with Gasteiger partial charge in [0.15, 0.2) is 6.10 Å². The van der Waals surface area contributed by atoms with Gasteiger partial charge in [-0.15, -0.1) is 0 Å². The summed E-state index contributed by atoms with van der Waals surface area (Å²) in [6.07, 6.45) is -6.54. The molecule has 16 heteroatoms. The number of aliphatic hydroxyl groups excluding tert-OH is 1. The molecule has 0 spiro atoms. The minimum Gasteiger partial charge on any atom is -0.456 e. The highest BCUT2D eigenvalue weighted by Crippen LogP contribution is 2.67. The lowest BCUT2D eigenvalue weighted by molar-refractivity contribution is -0.410. The number of ether oxygens (including phenoxy) is 7. The van der Waals surface area contributed by atoms with Crippen molar-refractivity contribution in [1.82, 2.24) is 10.2 Å². The van der Waals surface area contributed by atoms with Crippen LogP contribution in [-0.4, -0.2) is 133 Å². The number of methoxy groups -OCH3 is 1. The highest BCUT2D eigenvalue weighted by Gasteiger charge is 2.78. The van der Waals surface area contributed by atoms with Crippen molar-refractivity contribution in [3.05, 3.63) is 82.9 Å². The van der Waals surface area contributed by atoms with Gasteiger partial charge in [0.1, 0.15) is 29.2 Å². The summed E-state index contributed by atoms with van der Waals surface area (Å²) in [5, 5.41) is 28.5. The zero-order valence-corrected chi connectivity index (χ0v) is 39.5. The van der Waals surface area contributed by atoms with Gasteiger partial charge in [-0.1, -0.05) is 62.4 Å². The number of nitrogens with zero attached hydrogens (tertiary/aromatic N) is 1. The van der Waals surface area contributed by atoms with Crippen molar-refractivity contribution >= 4 is 29.8 Å². The highest BCUT2D eigenvalue weighted by molar-refractivity contribution is 5.92. The molecule has 2 saturated carbocycles. The second kappa shape index (κ2) is 18.8. The number of Topliss-reactive ketones (excluding diaryl/α,β-unsaturated/α-hetero) is 1. The summed E-state index contributed by atoms with van der Waals surface area (Å²) in [5.41, 5.74) is -4.65. The van der Waals surface area contributed by atoms with Crippen molar-refractivity contribution < 1.29 is 67.3 Å². The predicted molar refractivity (Wildman–Crippen MR) is 237 cm³/mol. The zero-order valence-electron chi connectivity index (χ0n) is 39.5. The predicted octanol–water partition coefficient (Wildman–Crippen LogP) is 5.10. The van der Waals surface area contributed by atoms with Crippen LogP contribution in [0.25, 0.3) is 0 Å². The smallest absolute Gasteiger partial charge is 0.408 e. The number of aliphatic hydroxyl groups is 2. The molecule has 5 aliphatic rings. The lowest BCUT2D eigenvalue weighted by Gasteiger charge is -2.68. The summed E-state index contributed by atoms with van der Waals surface area (Å²) < 4.78 is 42.9. The molecule has 3 aliphatic carbocycles. The summed E-state index contributed by atoms with van der Waals surface area (Å²) >= 11 is 0. The number of morpholine rings is 1. The third-order valence-electron chi connectivity index (χ3n) is 14.8. The second-order valence-corrected chi connectivity index (χ2v) is 20.1. The molecule has 66 heavy (non-hydrogen) atoms. The van der Waals surface area contributed by atoms with Gasteiger partial charge >= 0.3 is 24.0 Å². The Labute approximate surface area is 386 Å². The molecule has 2 aromatic carbocycles. The van der Waals surface area contributed by atoms with Crippen LogP contribution >= 0.6 is 0 Å². The lowest BCUT2D eigenvalue weighted by Crippen LogP contribution is -2.79. The first-order chi connectivity index (χ1) is 31.1. The van der Waals surface area contributed by atoms with Gasteiger partial charge in [0.2, 0.25) is 5.79 Å². The maximum atomic E-state index is 16.2. The van der Waals surface area contributed by atoms with E-state index in [0.29, 0.717) is 49.6 Å². The van der Waals surface area contributed by atoms with Crippen LogP contribution in [0.5, 0.6) is 0 Å². The number of fused-ring (bicyclic) bond motifs is 5. The van der Waals surface area contributed by atoms with Gasteiger partial charge in [-0.05, 0) is 82.8 Å². The van der Waals surface area contributed by atoms with Crippen LogP contribution in [-0.2, 0) is 47.5 Å². The number of alkyl carbamates (subject to hydrolysis) is 1. The summed E-state index contributed by atoms with van der Waals surface area (Å²) in [7, 11) is 1.51. The fourth-order valence-electron chi connectivity index (χ4n) is 11.4. The van der Waals surface area contributed by atoms with E-state index < -0.39 is 106 Å². The quantitative estimate of drug-likeness (QED) is 0.144. The van der Waals surface area contributed by atoms with Crippen molar-refractivity contribution in [2.24, 2.45) is 28.6 Å². The normalized spacial score (nSPS) is 32.7. The average molecular weight is 919 g/mol. The van der Waals surface area contributed by atoms with Gasteiger partial charge in [0.25, 0.3) is 0 Å². The monoisotopic (exact) mass is 918 g/mol. The Morgan fingerprint density at radius 3 is 2.18 bits per heavy atom. The van der Waals surface area contributed by atoms with Crippen LogP contribution in [0.1, 0.15) is 96.6 Å². The van der Waals surface area contributed by atoms with Gasteiger partial charge in [0.05, 0.1) is 54.8 Å². The maximum Gasteiger partial charge on any atom is 0.408 e. The molecule has 16 nitrogen and oxygen atoms in total. The average Bonchev–Trinajstić information content (AvgIpc) is 3.26. The largest absolute Gasteiger partial charge is 0.456 e. The summed E-state index contributed by atoms with van der Waals surface area (Å²) in [5.74, 6) is -7.66. The van der Waals surface area contributed by atoms with Crippen LogP contribution in [0.3, 0.4) is 0 Å². The molecule has 2 bridgehead atoms. The van der Waals surface area contributed by atoms with Gasteiger partial charge in [-0.2, -0.15) is 0 Å². The minimum absolute atomic E-state index is 0.137. The Balaban J connectivity index is 1.40. The van der Waals surface area contributed by atoms with E-state index in [1.807, 2.05) is 0 Å². The van der Waals surface area contributed by atoms with E-state index >= 15 is 4.79 Å². The molecule has 3 N–H and O–H groups in total. The summed E-state index contributed by atoms with van der Waals surface area (Å²) in [6.45, 7) is 16.2. The van der Waals surface area contributed by atoms with Crippen molar-refractivity contribution in [2.45, 2.75) is 122 Å². The number of ketones is 1. The van der Waals surface area contributed by atoms with E-state index in [9.17, 15) is 29.4 Å². The summed E-state index contributed by atoms with van der Waals surface area (Å²) in [6, 6.07) is 15.3. The van der Waals surface area contributed by atoms with E-state index in [0.717, 1.165) is 0 Å². The number of carbonyl (C=O) groups is 5. The molecule has 2 heterocycles. The van der Waals surface area contributed by atoms with Crippen LogP contribution in [0.15, 0.2) is 71.8 Å². The Bertz CT molecular complexity index is 2170. The molecular weight excluding hydrogens is 853 g/mol. The Kier molecular flexibility index (Phi) is 14.0. The first-order valence-corrected chi connectivity index (χ1v) is 22.9. The van der Waals surface area contributed by atoms with E-state index in [4.69, 9.17) is 33.2 Å². The third-order valence-corrected chi connectivity index (χ3v) is 14.8. The number of hydrogen-bond acceptors (Lipinski definition) is 15. The Morgan fingerprint density at radius 2 is 1.61 bits per heavy atom. The Hall–Kier alpha value is -4.71. The molecule has 4 fully saturated rings. The van der Waals surface area contributed by atoms with Crippen LogP contribution in [0.2, 0.25) is 0 Å². The van der Waals surface area contributed by atoms with Crippen molar-refractivity contribution in [3.63, 3.8) is 0 Å². The highest BCUT2D eigenvalue weighted by atomic mass is 16.7. The SMILES string of the molecule is CO[C@H]1C[C@H]2CO[C@@]2(OC(C)=O)[C@H]2[C@H](OC(=O)c3ccccc3)[C@]3(O)C[C@H](OC(=O)[C@H](O)[C@@H](NC(=O)OC(C)(C)C)c4ccccc4)C(C)=C([C@@H](CCN4CCOCC4)C(=O)[C@]12C)C3(C)C. The molecule has 360 valence electrons. The molecule has 1 amide bonds.